The highest BCUT2D eigenvalue weighted by atomic mass is 32.1. The van der Waals surface area contributed by atoms with Crippen molar-refractivity contribution in [2.75, 3.05) is 5.32 Å². The second kappa shape index (κ2) is 5.32. The summed E-state index contributed by atoms with van der Waals surface area (Å²) >= 11 is 0.460. The van der Waals surface area contributed by atoms with E-state index in [0.29, 0.717) is 17.1 Å². The van der Waals surface area contributed by atoms with Crippen molar-refractivity contribution in [1.29, 1.82) is 0 Å². The molecule has 0 aliphatic carbocycles. The van der Waals surface area contributed by atoms with Gasteiger partial charge in [-0.1, -0.05) is 30.3 Å². The van der Waals surface area contributed by atoms with E-state index in [0.717, 1.165) is 0 Å². The maximum absolute atomic E-state index is 12.5. The zero-order valence-electron chi connectivity index (χ0n) is 10.7. The van der Waals surface area contributed by atoms with Crippen molar-refractivity contribution in [3.05, 3.63) is 41.7 Å². The summed E-state index contributed by atoms with van der Waals surface area (Å²) in [6.07, 6.45) is -4.66. The van der Waals surface area contributed by atoms with Crippen molar-refractivity contribution in [3.63, 3.8) is 0 Å². The fourth-order valence-electron chi connectivity index (χ4n) is 1.62. The number of alkyl halides is 3. The Morgan fingerprint density at radius 2 is 1.90 bits per heavy atom. The van der Waals surface area contributed by atoms with Gasteiger partial charge < -0.3 is 10.4 Å². The zero-order chi connectivity index (χ0) is 15.7. The molecule has 0 saturated carbocycles. The van der Waals surface area contributed by atoms with Gasteiger partial charge in [0.25, 0.3) is 0 Å². The molecule has 0 fully saturated rings. The van der Waals surface area contributed by atoms with Crippen LogP contribution in [-0.4, -0.2) is 20.4 Å². The first-order valence-electron chi connectivity index (χ1n) is 5.71. The van der Waals surface area contributed by atoms with Crippen LogP contribution < -0.4 is 5.32 Å². The van der Waals surface area contributed by atoms with Gasteiger partial charge in [-0.15, -0.1) is 0 Å². The molecular weight excluding hydrogens is 307 g/mol. The molecule has 0 spiro atoms. The number of hydrogen-bond donors (Lipinski definition) is 2. The van der Waals surface area contributed by atoms with E-state index in [1.807, 2.05) is 0 Å². The van der Waals surface area contributed by atoms with Crippen LogP contribution in [0.5, 0.6) is 0 Å². The van der Waals surface area contributed by atoms with Crippen LogP contribution in [0.1, 0.15) is 18.3 Å². The van der Waals surface area contributed by atoms with E-state index in [1.165, 1.54) is 6.92 Å². The van der Waals surface area contributed by atoms with E-state index in [2.05, 4.69) is 14.7 Å². The van der Waals surface area contributed by atoms with Gasteiger partial charge >= 0.3 is 12.1 Å². The molecule has 9 heteroatoms. The number of carboxylic acid groups (broad SMARTS) is 1. The summed E-state index contributed by atoms with van der Waals surface area (Å²) < 4.78 is 40.5. The van der Waals surface area contributed by atoms with Crippen LogP contribution in [0.3, 0.4) is 0 Å². The molecule has 1 aromatic carbocycles. The first kappa shape index (κ1) is 15.2. The van der Waals surface area contributed by atoms with Gasteiger partial charge in [0, 0.05) is 11.5 Å². The second-order valence-corrected chi connectivity index (χ2v) is 5.09. The smallest absolute Gasteiger partial charge is 0.452 e. The second-order valence-electron chi connectivity index (χ2n) is 4.34. The Bertz CT molecular complexity index is 645. The molecule has 2 N–H and O–H groups in total. The lowest BCUT2D eigenvalue weighted by Gasteiger charge is -2.26. The first-order valence-corrected chi connectivity index (χ1v) is 6.49. The number of aliphatic carboxylic acids is 1. The molecule has 1 heterocycles. The minimum absolute atomic E-state index is 0.212. The summed E-state index contributed by atoms with van der Waals surface area (Å²) in [7, 11) is 0. The molecule has 0 amide bonds. The van der Waals surface area contributed by atoms with Gasteiger partial charge in [0.15, 0.2) is 5.54 Å². The lowest BCUT2D eigenvalue weighted by atomic mass is 9.92. The van der Waals surface area contributed by atoms with Gasteiger partial charge in [-0.3, -0.25) is 0 Å². The maximum atomic E-state index is 12.5. The van der Waals surface area contributed by atoms with Crippen LogP contribution in [-0.2, 0) is 16.5 Å². The highest BCUT2D eigenvalue weighted by molar-refractivity contribution is 7.09. The lowest BCUT2D eigenvalue weighted by molar-refractivity contribution is -0.144. The highest BCUT2D eigenvalue weighted by Gasteiger charge is 2.39. The number of carbonyl (C=O) groups is 1. The number of carboxylic acids is 1. The average Bonchev–Trinajstić information content (AvgIpc) is 2.88. The van der Waals surface area contributed by atoms with Gasteiger partial charge in [0.2, 0.25) is 11.0 Å². The summed E-state index contributed by atoms with van der Waals surface area (Å²) in [4.78, 5) is 14.8. The molecule has 0 bridgehead atoms. The number of rotatable bonds is 4. The normalized spacial score (nSPS) is 14.5. The van der Waals surface area contributed by atoms with E-state index in [9.17, 15) is 23.1 Å². The van der Waals surface area contributed by atoms with Crippen LogP contribution in [0.2, 0.25) is 0 Å². The van der Waals surface area contributed by atoms with Gasteiger partial charge in [-0.25, -0.2) is 4.79 Å². The molecule has 2 aromatic rings. The Morgan fingerprint density at radius 1 is 1.29 bits per heavy atom. The molecule has 0 saturated heterocycles. The molecule has 1 aromatic heterocycles. The largest absolute Gasteiger partial charge is 0.479 e. The SMILES string of the molecule is CC(Nc1nc(C(F)(F)F)ns1)(C(=O)O)c1ccccc1. The Kier molecular flexibility index (Phi) is 3.86. The van der Waals surface area contributed by atoms with Gasteiger partial charge in [-0.2, -0.15) is 22.5 Å². The predicted octanol–water partition coefficient (Wildman–Crippen LogP) is 2.97. The van der Waals surface area contributed by atoms with Crippen LogP contribution >= 0.6 is 11.5 Å². The van der Waals surface area contributed by atoms with Crippen molar-refractivity contribution < 1.29 is 23.1 Å². The molecule has 0 aliphatic rings. The third kappa shape index (κ3) is 3.13. The number of anilines is 1. The Morgan fingerprint density at radius 3 is 2.38 bits per heavy atom. The van der Waals surface area contributed by atoms with Gasteiger partial charge in [-0.05, 0) is 12.5 Å². The van der Waals surface area contributed by atoms with Crippen LogP contribution in [0.4, 0.5) is 18.3 Å². The van der Waals surface area contributed by atoms with E-state index in [1.54, 1.807) is 30.3 Å². The first-order chi connectivity index (χ1) is 9.73. The number of aromatic nitrogens is 2. The number of nitrogens with zero attached hydrogens (tertiary/aromatic N) is 2. The number of benzene rings is 1. The predicted molar refractivity (Wildman–Crippen MR) is 70.0 cm³/mol. The summed E-state index contributed by atoms with van der Waals surface area (Å²) in [5, 5.41) is 11.7. The number of halogens is 3. The topological polar surface area (TPSA) is 75.1 Å². The minimum Gasteiger partial charge on any atom is -0.479 e. The van der Waals surface area contributed by atoms with Gasteiger partial charge in [0.1, 0.15) is 0 Å². The molecule has 2 rings (SSSR count). The van der Waals surface area contributed by atoms with Crippen LogP contribution in [0, 0.1) is 0 Å². The van der Waals surface area contributed by atoms with E-state index < -0.39 is 23.5 Å². The van der Waals surface area contributed by atoms with Crippen molar-refractivity contribution in [3.8, 4) is 0 Å². The fourth-order valence-corrected chi connectivity index (χ4v) is 2.32. The van der Waals surface area contributed by atoms with Crippen LogP contribution in [0.15, 0.2) is 30.3 Å². The highest BCUT2D eigenvalue weighted by Crippen LogP contribution is 2.32. The average molecular weight is 317 g/mol. The Hall–Kier alpha value is -2.16. The van der Waals surface area contributed by atoms with E-state index >= 15 is 0 Å². The molecule has 0 aliphatic heterocycles. The third-order valence-corrected chi connectivity index (χ3v) is 3.45. The summed E-state index contributed by atoms with van der Waals surface area (Å²) in [6.45, 7) is 1.35. The Balaban J connectivity index is 2.34. The summed E-state index contributed by atoms with van der Waals surface area (Å²) in [5.41, 5.74) is -1.22. The molecule has 112 valence electrons. The molecule has 5 nitrogen and oxygen atoms in total. The molecule has 1 atom stereocenters. The minimum atomic E-state index is -4.66. The summed E-state index contributed by atoms with van der Waals surface area (Å²) in [6, 6.07) is 8.11. The molecule has 0 radical (unpaired) electrons. The summed E-state index contributed by atoms with van der Waals surface area (Å²) in [5.74, 6) is -2.53. The van der Waals surface area contributed by atoms with Crippen molar-refractivity contribution in [1.82, 2.24) is 9.36 Å². The molecular formula is C12H10F3N3O2S. The number of hydrogen-bond acceptors (Lipinski definition) is 5. The van der Waals surface area contributed by atoms with Crippen molar-refractivity contribution in [2.24, 2.45) is 0 Å². The quantitative estimate of drug-likeness (QED) is 0.907. The Labute approximate surface area is 121 Å². The molecule has 1 unspecified atom stereocenters. The lowest BCUT2D eigenvalue weighted by Crippen LogP contribution is -2.40. The number of nitrogens with one attached hydrogen (secondary N) is 1. The monoisotopic (exact) mass is 317 g/mol. The van der Waals surface area contributed by atoms with E-state index in [-0.39, 0.29) is 5.13 Å². The third-order valence-electron chi connectivity index (χ3n) is 2.82. The fraction of sp³-hybridized carbons (Fsp3) is 0.250. The van der Waals surface area contributed by atoms with Crippen LogP contribution in [0.25, 0.3) is 0 Å². The zero-order valence-corrected chi connectivity index (χ0v) is 11.5. The van der Waals surface area contributed by atoms with Crippen molar-refractivity contribution >= 4 is 22.6 Å². The van der Waals surface area contributed by atoms with E-state index in [4.69, 9.17) is 0 Å². The molecule has 21 heavy (non-hydrogen) atoms. The van der Waals surface area contributed by atoms with Crippen molar-refractivity contribution in [2.45, 2.75) is 18.6 Å². The standard InChI is InChI=1S/C12H10F3N3O2S/c1-11(9(19)20,7-5-3-2-4-6-7)17-10-16-8(18-21-10)12(13,14)15/h2-6H,1H3,(H,19,20)(H,16,17,18). The maximum Gasteiger partial charge on any atom is 0.452 e. The van der Waals surface area contributed by atoms with Gasteiger partial charge in [0.05, 0.1) is 0 Å².